The molecule has 8 heteroatoms. The second-order valence-electron chi connectivity index (χ2n) is 7.38. The molecule has 0 aliphatic carbocycles. The Morgan fingerprint density at radius 2 is 2.03 bits per heavy atom. The van der Waals surface area contributed by atoms with Crippen LogP contribution < -0.4 is 15.8 Å². The van der Waals surface area contributed by atoms with E-state index < -0.39 is 11.6 Å². The minimum Gasteiger partial charge on any atom is -0.485 e. The number of carbonyl (C=O) groups excluding carboxylic acids is 1. The van der Waals surface area contributed by atoms with Gasteiger partial charge in [-0.1, -0.05) is 18.2 Å². The average Bonchev–Trinajstić information content (AvgIpc) is 3.05. The fraction of sp³-hybridized carbons (Fsp3) is 0.304. The van der Waals surface area contributed by atoms with Crippen LogP contribution in [-0.2, 0) is 6.61 Å². The van der Waals surface area contributed by atoms with E-state index in [-0.39, 0.29) is 24.1 Å². The van der Waals surface area contributed by atoms with E-state index in [0.717, 1.165) is 5.56 Å². The van der Waals surface area contributed by atoms with Crippen molar-refractivity contribution in [1.29, 1.82) is 0 Å². The van der Waals surface area contributed by atoms with Gasteiger partial charge >= 0.3 is 0 Å². The van der Waals surface area contributed by atoms with E-state index >= 15 is 0 Å². The maximum Gasteiger partial charge on any atom is 0.270 e. The fourth-order valence-corrected chi connectivity index (χ4v) is 3.26. The number of benzene rings is 1. The number of nitrogens with zero attached hydrogens (tertiary/aromatic N) is 2. The van der Waals surface area contributed by atoms with Crippen molar-refractivity contribution in [3.05, 3.63) is 76.8 Å². The fourth-order valence-electron chi connectivity index (χ4n) is 3.26. The van der Waals surface area contributed by atoms with Crippen LogP contribution in [0.3, 0.4) is 0 Å². The quantitative estimate of drug-likeness (QED) is 0.535. The number of carbonyl (C=O) groups is 1. The molecule has 31 heavy (non-hydrogen) atoms. The van der Waals surface area contributed by atoms with E-state index in [4.69, 9.17) is 10.5 Å². The van der Waals surface area contributed by atoms with E-state index in [0.29, 0.717) is 35.8 Å². The van der Waals surface area contributed by atoms with Crippen LogP contribution in [0.1, 0.15) is 40.7 Å². The normalized spacial score (nSPS) is 12.5. The zero-order valence-electron chi connectivity index (χ0n) is 17.8. The van der Waals surface area contributed by atoms with Crippen LogP contribution >= 0.6 is 0 Å². The van der Waals surface area contributed by atoms with Crippen molar-refractivity contribution < 1.29 is 18.3 Å². The van der Waals surface area contributed by atoms with Gasteiger partial charge in [0, 0.05) is 18.8 Å². The molecule has 164 valence electrons. The van der Waals surface area contributed by atoms with E-state index in [2.05, 4.69) is 10.3 Å². The molecule has 2 heterocycles. The molecule has 0 saturated heterocycles. The number of nitrogens with one attached hydrogen (secondary N) is 1. The summed E-state index contributed by atoms with van der Waals surface area (Å²) in [4.78, 5) is 17.3. The minimum atomic E-state index is -0.683. The number of ether oxygens (including phenoxy) is 1. The van der Waals surface area contributed by atoms with Crippen molar-refractivity contribution in [2.24, 2.45) is 5.73 Å². The second kappa shape index (κ2) is 9.70. The zero-order chi connectivity index (χ0) is 22.5. The molecule has 1 aromatic carbocycles. The monoisotopic (exact) mass is 428 g/mol. The molecule has 0 spiro atoms. The van der Waals surface area contributed by atoms with Crippen LogP contribution in [0.15, 0.2) is 42.6 Å². The highest BCUT2D eigenvalue weighted by Crippen LogP contribution is 2.26. The molecule has 0 aliphatic heterocycles. The maximum atomic E-state index is 13.9. The highest BCUT2D eigenvalue weighted by molar-refractivity contribution is 5.95. The smallest absolute Gasteiger partial charge is 0.270 e. The van der Waals surface area contributed by atoms with Crippen molar-refractivity contribution in [2.45, 2.75) is 39.8 Å². The van der Waals surface area contributed by atoms with Crippen LogP contribution in [0.25, 0.3) is 5.65 Å². The summed E-state index contributed by atoms with van der Waals surface area (Å²) in [5.74, 6) is -1.35. The lowest BCUT2D eigenvalue weighted by Crippen LogP contribution is -2.37. The van der Waals surface area contributed by atoms with Gasteiger partial charge < -0.3 is 15.8 Å². The van der Waals surface area contributed by atoms with Gasteiger partial charge in [0.25, 0.3) is 5.91 Å². The standard InChI is InChI=1S/C23H26F2N4O2/c1-4-5-7-16(26)11-27-23(30)21-15(3)28-22-20(10-14(2)12-29(21)22)31-13-17-18(24)8-6-9-19(17)25/h4-6,8-10,12,16H,7,11,13,26H2,1-3H3,(H,27,30). The lowest BCUT2D eigenvalue weighted by Gasteiger charge is -2.12. The van der Waals surface area contributed by atoms with Gasteiger partial charge in [0.15, 0.2) is 11.4 Å². The molecule has 0 saturated carbocycles. The highest BCUT2D eigenvalue weighted by Gasteiger charge is 2.20. The molecule has 0 fully saturated rings. The number of hydrogen-bond donors (Lipinski definition) is 2. The Bertz CT molecular complexity index is 1100. The summed E-state index contributed by atoms with van der Waals surface area (Å²) < 4.78 is 35.2. The van der Waals surface area contributed by atoms with Crippen molar-refractivity contribution in [3.8, 4) is 5.75 Å². The van der Waals surface area contributed by atoms with Crippen LogP contribution in [0.2, 0.25) is 0 Å². The predicted molar refractivity (Wildman–Crippen MR) is 115 cm³/mol. The molecule has 1 amide bonds. The molecule has 0 radical (unpaired) electrons. The summed E-state index contributed by atoms with van der Waals surface area (Å²) >= 11 is 0. The maximum absolute atomic E-state index is 13.9. The number of rotatable bonds is 8. The zero-order valence-corrected chi connectivity index (χ0v) is 17.8. The number of pyridine rings is 1. The first kappa shape index (κ1) is 22.4. The summed E-state index contributed by atoms with van der Waals surface area (Å²) in [6.07, 6.45) is 6.28. The first-order valence-corrected chi connectivity index (χ1v) is 10.0. The third kappa shape index (κ3) is 5.08. The Balaban J connectivity index is 1.86. The van der Waals surface area contributed by atoms with Crippen molar-refractivity contribution in [3.63, 3.8) is 0 Å². The molecular formula is C23H26F2N4O2. The number of fused-ring (bicyclic) bond motifs is 1. The topological polar surface area (TPSA) is 81.6 Å². The average molecular weight is 428 g/mol. The summed E-state index contributed by atoms with van der Waals surface area (Å²) in [5.41, 5.74) is 7.90. The Hall–Kier alpha value is -3.26. The van der Waals surface area contributed by atoms with Crippen LogP contribution in [0.5, 0.6) is 5.75 Å². The lowest BCUT2D eigenvalue weighted by molar-refractivity contribution is 0.0944. The SMILES string of the molecule is CC=CCC(N)CNC(=O)c1c(C)nc2c(OCc3c(F)cccc3F)cc(C)cn12. The molecule has 1 atom stereocenters. The van der Waals surface area contributed by atoms with Gasteiger partial charge in [-0.3, -0.25) is 9.20 Å². The largest absolute Gasteiger partial charge is 0.485 e. The number of aromatic nitrogens is 2. The number of nitrogens with two attached hydrogens (primary N) is 1. The van der Waals surface area contributed by atoms with Gasteiger partial charge in [-0.05, 0) is 51.0 Å². The van der Waals surface area contributed by atoms with Crippen LogP contribution in [-0.4, -0.2) is 27.9 Å². The van der Waals surface area contributed by atoms with Crippen molar-refractivity contribution in [1.82, 2.24) is 14.7 Å². The third-order valence-corrected chi connectivity index (χ3v) is 4.85. The van der Waals surface area contributed by atoms with Gasteiger partial charge in [0.05, 0.1) is 11.3 Å². The summed E-state index contributed by atoms with van der Waals surface area (Å²) in [6.45, 7) is 5.48. The van der Waals surface area contributed by atoms with Crippen LogP contribution in [0.4, 0.5) is 8.78 Å². The molecule has 3 rings (SSSR count). The van der Waals surface area contributed by atoms with E-state index in [1.54, 1.807) is 23.6 Å². The van der Waals surface area contributed by atoms with Crippen molar-refractivity contribution in [2.75, 3.05) is 6.54 Å². The van der Waals surface area contributed by atoms with E-state index in [9.17, 15) is 13.6 Å². The van der Waals surface area contributed by atoms with Crippen LogP contribution in [0, 0.1) is 25.5 Å². The van der Waals surface area contributed by atoms with Gasteiger partial charge in [-0.15, -0.1) is 0 Å². The minimum absolute atomic E-state index is 0.168. The molecule has 3 N–H and O–H groups in total. The molecule has 2 aromatic heterocycles. The Kier molecular flexibility index (Phi) is 7.02. The number of imidazole rings is 1. The molecule has 3 aromatic rings. The number of amides is 1. The Labute approximate surface area is 179 Å². The van der Waals surface area contributed by atoms with Gasteiger partial charge in [-0.2, -0.15) is 0 Å². The van der Waals surface area contributed by atoms with E-state index in [1.165, 1.54) is 18.2 Å². The molecule has 0 aliphatic rings. The molecular weight excluding hydrogens is 402 g/mol. The van der Waals surface area contributed by atoms with Gasteiger partial charge in [0.2, 0.25) is 0 Å². The highest BCUT2D eigenvalue weighted by atomic mass is 19.1. The van der Waals surface area contributed by atoms with Gasteiger partial charge in [-0.25, -0.2) is 13.8 Å². The Morgan fingerprint density at radius 3 is 2.71 bits per heavy atom. The summed E-state index contributed by atoms with van der Waals surface area (Å²) in [6, 6.07) is 5.17. The Morgan fingerprint density at radius 1 is 1.32 bits per heavy atom. The first-order valence-electron chi connectivity index (χ1n) is 10.0. The van der Waals surface area contributed by atoms with E-state index in [1.807, 2.05) is 26.0 Å². The second-order valence-corrected chi connectivity index (χ2v) is 7.38. The number of halogens is 2. The van der Waals surface area contributed by atoms with Gasteiger partial charge in [0.1, 0.15) is 23.9 Å². The number of allylic oxidation sites excluding steroid dienone is 1. The predicted octanol–water partition coefficient (Wildman–Crippen LogP) is 3.83. The molecule has 1 unspecified atom stereocenters. The molecule has 6 nitrogen and oxygen atoms in total. The number of aryl methyl sites for hydroxylation is 2. The third-order valence-electron chi connectivity index (χ3n) is 4.85. The number of hydrogen-bond acceptors (Lipinski definition) is 4. The van der Waals surface area contributed by atoms with Crippen molar-refractivity contribution >= 4 is 11.6 Å². The lowest BCUT2D eigenvalue weighted by atomic mass is 10.2. The molecule has 0 bridgehead atoms. The summed E-state index contributed by atoms with van der Waals surface area (Å²) in [5, 5.41) is 2.84. The summed E-state index contributed by atoms with van der Waals surface area (Å²) in [7, 11) is 0. The first-order chi connectivity index (χ1) is 14.8.